The van der Waals surface area contributed by atoms with Gasteiger partial charge in [-0.05, 0) is 43.7 Å². The predicted molar refractivity (Wildman–Crippen MR) is 86.3 cm³/mol. The molecule has 0 spiro atoms. The minimum absolute atomic E-state index is 0.144. The highest BCUT2D eigenvalue weighted by Gasteiger charge is 2.34. The molecule has 114 valence electrons. The number of piperidine rings is 1. The van der Waals surface area contributed by atoms with Crippen molar-refractivity contribution in [3.05, 3.63) is 23.8 Å². The van der Waals surface area contributed by atoms with Crippen molar-refractivity contribution in [2.24, 2.45) is 11.7 Å². The fraction of sp³-hybridized carbons (Fsp3) is 0.588. The van der Waals surface area contributed by atoms with Crippen LogP contribution in [0.1, 0.15) is 44.1 Å². The quantitative estimate of drug-likeness (QED) is 0.663. The number of nitrogen functional groups attached to an aromatic ring is 1. The van der Waals surface area contributed by atoms with E-state index < -0.39 is 0 Å². The van der Waals surface area contributed by atoms with Gasteiger partial charge in [0.15, 0.2) is 0 Å². The molecule has 3 N–H and O–H groups in total. The number of amidine groups is 1. The van der Waals surface area contributed by atoms with E-state index in [-0.39, 0.29) is 5.84 Å². The van der Waals surface area contributed by atoms with Crippen LogP contribution < -0.4 is 15.4 Å². The lowest BCUT2D eigenvalue weighted by atomic mass is 9.78. The van der Waals surface area contributed by atoms with Crippen molar-refractivity contribution in [2.75, 3.05) is 18.6 Å². The van der Waals surface area contributed by atoms with Gasteiger partial charge in [0, 0.05) is 24.2 Å². The zero-order valence-electron chi connectivity index (χ0n) is 12.8. The Hall–Kier alpha value is -1.71. The van der Waals surface area contributed by atoms with E-state index in [9.17, 15) is 0 Å². The molecule has 1 saturated carbocycles. The Balaban J connectivity index is 1.98. The average molecular weight is 287 g/mol. The highest BCUT2D eigenvalue weighted by molar-refractivity contribution is 6.00. The molecule has 1 aliphatic heterocycles. The molecule has 0 aromatic heterocycles. The number of benzene rings is 1. The second-order valence-electron chi connectivity index (χ2n) is 6.24. The van der Waals surface area contributed by atoms with Gasteiger partial charge < -0.3 is 15.4 Å². The fourth-order valence-electron chi connectivity index (χ4n) is 4.03. The Bertz CT molecular complexity index is 527. The number of nitrogens with two attached hydrogens (primary N) is 1. The molecule has 4 nitrogen and oxygen atoms in total. The summed E-state index contributed by atoms with van der Waals surface area (Å²) >= 11 is 0. The van der Waals surface area contributed by atoms with Crippen LogP contribution >= 0.6 is 0 Å². The van der Waals surface area contributed by atoms with Crippen LogP contribution in [-0.2, 0) is 0 Å². The molecular formula is C17H25N3O. The van der Waals surface area contributed by atoms with E-state index in [1.165, 1.54) is 38.5 Å². The Labute approximate surface area is 126 Å². The van der Waals surface area contributed by atoms with Gasteiger partial charge in [-0.3, -0.25) is 5.41 Å². The summed E-state index contributed by atoms with van der Waals surface area (Å²) in [5, 5.41) is 7.86. The van der Waals surface area contributed by atoms with E-state index in [0.29, 0.717) is 6.04 Å². The number of fused-ring (bicyclic) bond motifs is 1. The van der Waals surface area contributed by atoms with Crippen LogP contribution in [0.5, 0.6) is 5.75 Å². The van der Waals surface area contributed by atoms with E-state index in [4.69, 9.17) is 15.9 Å². The van der Waals surface area contributed by atoms with Gasteiger partial charge in [-0.15, -0.1) is 0 Å². The highest BCUT2D eigenvalue weighted by atomic mass is 16.5. The smallest absolute Gasteiger partial charge is 0.124 e. The van der Waals surface area contributed by atoms with Gasteiger partial charge in [0.05, 0.1) is 12.8 Å². The van der Waals surface area contributed by atoms with Crippen LogP contribution in [0.3, 0.4) is 0 Å². The Morgan fingerprint density at radius 3 is 2.76 bits per heavy atom. The first-order chi connectivity index (χ1) is 10.2. The van der Waals surface area contributed by atoms with Crippen LogP contribution in [0.25, 0.3) is 0 Å². The van der Waals surface area contributed by atoms with Crippen LogP contribution in [-0.4, -0.2) is 25.5 Å². The van der Waals surface area contributed by atoms with E-state index in [1.807, 2.05) is 18.2 Å². The average Bonchev–Trinajstić information content (AvgIpc) is 2.53. The van der Waals surface area contributed by atoms with Crippen LogP contribution in [0, 0.1) is 11.3 Å². The van der Waals surface area contributed by atoms with Crippen molar-refractivity contribution in [1.29, 1.82) is 5.41 Å². The third kappa shape index (κ3) is 2.71. The molecule has 2 aliphatic rings. The molecule has 3 rings (SSSR count). The Kier molecular flexibility index (Phi) is 4.04. The number of anilines is 1. The molecule has 2 atom stereocenters. The summed E-state index contributed by atoms with van der Waals surface area (Å²) in [7, 11) is 1.69. The zero-order chi connectivity index (χ0) is 14.8. The fourth-order valence-corrected chi connectivity index (χ4v) is 4.03. The minimum Gasteiger partial charge on any atom is -0.497 e. The molecule has 2 fully saturated rings. The van der Waals surface area contributed by atoms with Crippen molar-refractivity contribution in [3.63, 3.8) is 0 Å². The monoisotopic (exact) mass is 287 g/mol. The second-order valence-corrected chi connectivity index (χ2v) is 6.24. The van der Waals surface area contributed by atoms with Gasteiger partial charge in [-0.1, -0.05) is 12.8 Å². The maximum Gasteiger partial charge on any atom is 0.124 e. The zero-order valence-corrected chi connectivity index (χ0v) is 12.8. The summed E-state index contributed by atoms with van der Waals surface area (Å²) in [5.41, 5.74) is 7.71. The SMILES string of the molecule is COc1ccc(C(=N)N)c(N2CCCC3CCCCC32)c1. The standard InChI is InChI=1S/C17H25N3O/c1-21-13-8-9-14(17(18)19)16(11-13)20-10-4-6-12-5-2-3-7-15(12)20/h8-9,11-12,15H,2-7,10H2,1H3,(H3,18,19). The molecule has 0 bridgehead atoms. The van der Waals surface area contributed by atoms with E-state index in [2.05, 4.69) is 4.90 Å². The summed E-state index contributed by atoms with van der Waals surface area (Å²) in [5.74, 6) is 1.79. The first-order valence-corrected chi connectivity index (χ1v) is 8.00. The number of hydrogen-bond donors (Lipinski definition) is 2. The molecule has 21 heavy (non-hydrogen) atoms. The number of hydrogen-bond acceptors (Lipinski definition) is 3. The molecule has 1 heterocycles. The summed E-state index contributed by atoms with van der Waals surface area (Å²) < 4.78 is 5.38. The van der Waals surface area contributed by atoms with Gasteiger partial charge >= 0.3 is 0 Å². The van der Waals surface area contributed by atoms with Crippen molar-refractivity contribution in [1.82, 2.24) is 0 Å². The lowest BCUT2D eigenvalue weighted by molar-refractivity contribution is 0.243. The van der Waals surface area contributed by atoms with E-state index in [1.54, 1.807) is 7.11 Å². The van der Waals surface area contributed by atoms with Crippen molar-refractivity contribution in [3.8, 4) is 5.75 Å². The normalized spacial score (nSPS) is 25.3. The van der Waals surface area contributed by atoms with Gasteiger partial charge in [-0.2, -0.15) is 0 Å². The largest absolute Gasteiger partial charge is 0.497 e. The predicted octanol–water partition coefficient (Wildman–Crippen LogP) is 3.14. The number of rotatable bonds is 3. The molecule has 1 aliphatic carbocycles. The topological polar surface area (TPSA) is 62.3 Å². The van der Waals surface area contributed by atoms with Gasteiger partial charge in [0.25, 0.3) is 0 Å². The summed E-state index contributed by atoms with van der Waals surface area (Å²) in [6.07, 6.45) is 7.87. The number of nitrogens with zero attached hydrogens (tertiary/aromatic N) is 1. The highest BCUT2D eigenvalue weighted by Crippen LogP contribution is 2.39. The summed E-state index contributed by atoms with van der Waals surface area (Å²) in [6, 6.07) is 6.47. The third-order valence-corrected chi connectivity index (χ3v) is 5.05. The van der Waals surface area contributed by atoms with Crippen LogP contribution in [0.15, 0.2) is 18.2 Å². The van der Waals surface area contributed by atoms with Crippen molar-refractivity contribution in [2.45, 2.75) is 44.6 Å². The molecule has 1 aromatic rings. The number of methoxy groups -OCH3 is 1. The van der Waals surface area contributed by atoms with E-state index >= 15 is 0 Å². The second kappa shape index (κ2) is 5.96. The molecule has 0 amide bonds. The number of ether oxygens (including phenoxy) is 1. The van der Waals surface area contributed by atoms with Crippen LogP contribution in [0.4, 0.5) is 5.69 Å². The maximum absolute atomic E-state index is 7.86. The Morgan fingerprint density at radius 1 is 1.24 bits per heavy atom. The molecule has 1 saturated heterocycles. The van der Waals surface area contributed by atoms with Crippen molar-refractivity contribution >= 4 is 11.5 Å². The number of nitrogens with one attached hydrogen (secondary N) is 1. The van der Waals surface area contributed by atoms with Gasteiger partial charge in [0.2, 0.25) is 0 Å². The summed E-state index contributed by atoms with van der Waals surface area (Å²) in [6.45, 7) is 1.06. The molecule has 1 aromatic carbocycles. The third-order valence-electron chi connectivity index (χ3n) is 5.05. The van der Waals surface area contributed by atoms with Gasteiger partial charge in [0.1, 0.15) is 11.6 Å². The van der Waals surface area contributed by atoms with Gasteiger partial charge in [-0.25, -0.2) is 0 Å². The molecule has 4 heteroatoms. The molecule has 0 radical (unpaired) electrons. The maximum atomic E-state index is 7.86. The lowest BCUT2D eigenvalue weighted by Gasteiger charge is -2.46. The van der Waals surface area contributed by atoms with E-state index in [0.717, 1.165) is 29.5 Å². The summed E-state index contributed by atoms with van der Waals surface area (Å²) in [4.78, 5) is 2.49. The van der Waals surface area contributed by atoms with Crippen LogP contribution in [0.2, 0.25) is 0 Å². The molecular weight excluding hydrogens is 262 g/mol. The Morgan fingerprint density at radius 2 is 2.00 bits per heavy atom. The lowest BCUT2D eigenvalue weighted by Crippen LogP contribution is -2.47. The first kappa shape index (κ1) is 14.2. The first-order valence-electron chi connectivity index (χ1n) is 8.00. The molecule has 2 unspecified atom stereocenters. The van der Waals surface area contributed by atoms with Crippen molar-refractivity contribution < 1.29 is 4.74 Å². The minimum atomic E-state index is 0.144.